The minimum absolute atomic E-state index is 0.00470. The van der Waals surface area contributed by atoms with Crippen LogP contribution in [-0.4, -0.2) is 68.9 Å². The van der Waals surface area contributed by atoms with Gasteiger partial charge in [-0.05, 0) is 42.3 Å². The molecule has 2 aromatic rings. The molecule has 0 aromatic heterocycles. The number of hydrogen-bond acceptors (Lipinski definition) is 8. The third kappa shape index (κ3) is 5.31. The van der Waals surface area contributed by atoms with Crippen molar-refractivity contribution in [3.8, 4) is 17.2 Å². The second kappa shape index (κ2) is 10.5. The molecule has 2 aromatic carbocycles. The molecule has 8 nitrogen and oxygen atoms in total. The van der Waals surface area contributed by atoms with Gasteiger partial charge < -0.3 is 24.0 Å². The molecule has 2 aliphatic rings. The third-order valence-electron chi connectivity index (χ3n) is 5.84. The lowest BCUT2D eigenvalue weighted by molar-refractivity contribution is -0.130. The minimum atomic E-state index is 0.00470. The first kappa shape index (κ1) is 23.5. The summed E-state index contributed by atoms with van der Waals surface area (Å²) in [6, 6.07) is 12.0. The Balaban J connectivity index is 1.56. The second-order valence-corrected chi connectivity index (χ2v) is 9.04. The van der Waals surface area contributed by atoms with Crippen LogP contribution in [0.4, 0.5) is 11.4 Å². The number of anilines is 2. The van der Waals surface area contributed by atoms with E-state index < -0.39 is 0 Å². The molecule has 0 bridgehead atoms. The van der Waals surface area contributed by atoms with Crippen molar-refractivity contribution in [3.05, 3.63) is 36.4 Å². The number of hydroxylamine groups is 1. The average molecular weight is 474 g/mol. The molecule has 1 unspecified atom stereocenters. The van der Waals surface area contributed by atoms with Crippen LogP contribution in [0.1, 0.15) is 19.8 Å². The summed E-state index contributed by atoms with van der Waals surface area (Å²) in [5, 5.41) is 0. The van der Waals surface area contributed by atoms with Gasteiger partial charge in [-0.25, -0.2) is 0 Å². The van der Waals surface area contributed by atoms with Crippen LogP contribution in [0.2, 0.25) is 0 Å². The first-order valence-corrected chi connectivity index (χ1v) is 11.9. The van der Waals surface area contributed by atoms with E-state index in [2.05, 4.69) is 11.0 Å². The lowest BCUT2D eigenvalue weighted by Gasteiger charge is -2.32. The number of fused-ring (bicyclic) bond motifs is 1. The van der Waals surface area contributed by atoms with Crippen LogP contribution in [0.5, 0.6) is 17.2 Å². The molecular formula is C24H31N3O5S. The Morgan fingerprint density at radius 1 is 1.21 bits per heavy atom. The van der Waals surface area contributed by atoms with E-state index in [9.17, 15) is 4.79 Å². The fourth-order valence-electron chi connectivity index (χ4n) is 4.09. The van der Waals surface area contributed by atoms with Crippen LogP contribution in [-0.2, 0) is 9.63 Å². The van der Waals surface area contributed by atoms with E-state index >= 15 is 0 Å². The Kier molecular flexibility index (Phi) is 7.52. The number of methoxy groups -OCH3 is 1. The lowest BCUT2D eigenvalue weighted by Crippen LogP contribution is -2.30. The van der Waals surface area contributed by atoms with Crippen LogP contribution in [0.15, 0.2) is 41.3 Å². The highest BCUT2D eigenvalue weighted by molar-refractivity contribution is 7.97. The summed E-state index contributed by atoms with van der Waals surface area (Å²) in [6.07, 6.45) is 1.38. The maximum Gasteiger partial charge on any atom is 0.222 e. The van der Waals surface area contributed by atoms with Crippen LogP contribution in [0.25, 0.3) is 0 Å². The highest BCUT2D eigenvalue weighted by atomic mass is 32.2. The number of carbonyl (C=O) groups is 1. The summed E-state index contributed by atoms with van der Waals surface area (Å²) in [5.41, 5.74) is 1.99. The number of rotatable bonds is 8. The zero-order valence-electron chi connectivity index (χ0n) is 19.6. The molecule has 1 amide bonds. The molecule has 0 radical (unpaired) electrons. The van der Waals surface area contributed by atoms with Crippen molar-refractivity contribution in [1.29, 1.82) is 0 Å². The summed E-state index contributed by atoms with van der Waals surface area (Å²) in [5.74, 6) is 2.56. The Morgan fingerprint density at radius 3 is 2.82 bits per heavy atom. The molecule has 0 spiro atoms. The second-order valence-electron chi connectivity index (χ2n) is 7.90. The van der Waals surface area contributed by atoms with Crippen molar-refractivity contribution in [1.82, 2.24) is 9.37 Å². The number of ether oxygens (including phenoxy) is 3. The maximum atomic E-state index is 12.0. The van der Waals surface area contributed by atoms with Gasteiger partial charge in [-0.3, -0.25) is 9.63 Å². The van der Waals surface area contributed by atoms with Gasteiger partial charge in [0.05, 0.1) is 37.9 Å². The fraction of sp³-hybridized carbons (Fsp3) is 0.458. The van der Waals surface area contributed by atoms with E-state index in [1.807, 2.05) is 49.2 Å². The maximum absolute atomic E-state index is 12.0. The van der Waals surface area contributed by atoms with Gasteiger partial charge in [-0.2, -0.15) is 0 Å². The summed E-state index contributed by atoms with van der Waals surface area (Å²) >= 11 is 1.45. The summed E-state index contributed by atoms with van der Waals surface area (Å²) in [6.45, 7) is 4.59. The van der Waals surface area contributed by atoms with Crippen molar-refractivity contribution >= 4 is 29.2 Å². The molecule has 2 aliphatic heterocycles. The summed E-state index contributed by atoms with van der Waals surface area (Å²) in [4.78, 5) is 22.3. The van der Waals surface area contributed by atoms with E-state index in [0.717, 1.165) is 53.0 Å². The molecule has 1 saturated heterocycles. The molecule has 33 heavy (non-hydrogen) atoms. The number of amides is 1. The monoisotopic (exact) mass is 473 g/mol. The largest absolute Gasteiger partial charge is 0.496 e. The Hall–Kier alpha value is -2.62. The molecule has 2 heterocycles. The van der Waals surface area contributed by atoms with Crippen molar-refractivity contribution in [3.63, 3.8) is 0 Å². The van der Waals surface area contributed by atoms with Gasteiger partial charge in [0.2, 0.25) is 5.91 Å². The van der Waals surface area contributed by atoms with Crippen LogP contribution in [0, 0.1) is 0 Å². The SMILES string of the molecule is CCC(=O)N1CCC(Oc2ccc3c(c2)N(c2ccc(OC)c(SN(C)OC)c2)CCO3)C1. The van der Waals surface area contributed by atoms with E-state index in [4.69, 9.17) is 19.0 Å². The van der Waals surface area contributed by atoms with Gasteiger partial charge in [0.1, 0.15) is 30.0 Å². The Morgan fingerprint density at radius 2 is 2.06 bits per heavy atom. The number of hydrogen-bond donors (Lipinski definition) is 0. The van der Waals surface area contributed by atoms with Gasteiger partial charge >= 0.3 is 0 Å². The molecular weight excluding hydrogens is 442 g/mol. The number of carbonyl (C=O) groups excluding carboxylic acids is 1. The molecule has 9 heteroatoms. The van der Waals surface area contributed by atoms with Gasteiger partial charge in [-0.15, -0.1) is 4.47 Å². The normalized spacial score (nSPS) is 17.7. The fourth-order valence-corrected chi connectivity index (χ4v) is 4.85. The van der Waals surface area contributed by atoms with Crippen molar-refractivity contribution in [2.45, 2.75) is 30.8 Å². The van der Waals surface area contributed by atoms with Gasteiger partial charge in [0.25, 0.3) is 0 Å². The highest BCUT2D eigenvalue weighted by Gasteiger charge is 2.28. The average Bonchev–Trinajstić information content (AvgIpc) is 3.31. The van der Waals surface area contributed by atoms with E-state index in [-0.39, 0.29) is 12.0 Å². The quantitative estimate of drug-likeness (QED) is 0.419. The van der Waals surface area contributed by atoms with Gasteiger partial charge in [0, 0.05) is 38.2 Å². The van der Waals surface area contributed by atoms with E-state index in [1.54, 1.807) is 18.7 Å². The zero-order valence-corrected chi connectivity index (χ0v) is 20.4. The van der Waals surface area contributed by atoms with Crippen molar-refractivity contribution in [2.75, 3.05) is 52.4 Å². The number of nitrogens with zero attached hydrogens (tertiary/aromatic N) is 3. The molecule has 0 aliphatic carbocycles. The van der Waals surface area contributed by atoms with E-state index in [1.165, 1.54) is 11.9 Å². The molecule has 0 N–H and O–H groups in total. The predicted molar refractivity (Wildman–Crippen MR) is 128 cm³/mol. The van der Waals surface area contributed by atoms with Gasteiger partial charge in [0.15, 0.2) is 0 Å². The summed E-state index contributed by atoms with van der Waals surface area (Å²) < 4.78 is 19.4. The van der Waals surface area contributed by atoms with Crippen molar-refractivity contribution in [2.24, 2.45) is 0 Å². The topological polar surface area (TPSA) is 63.7 Å². The smallest absolute Gasteiger partial charge is 0.222 e. The van der Waals surface area contributed by atoms with E-state index in [0.29, 0.717) is 19.6 Å². The number of benzene rings is 2. The number of likely N-dealkylation sites (tertiary alicyclic amines) is 1. The first-order chi connectivity index (χ1) is 16.0. The van der Waals surface area contributed by atoms with Crippen LogP contribution in [0.3, 0.4) is 0 Å². The molecule has 0 saturated carbocycles. The van der Waals surface area contributed by atoms with Crippen molar-refractivity contribution < 1.29 is 23.8 Å². The molecule has 178 valence electrons. The Labute approximate surface area is 199 Å². The Bertz CT molecular complexity index is 989. The minimum Gasteiger partial charge on any atom is -0.496 e. The standard InChI is InChI=1S/C24H31N3O5S/c1-5-24(28)26-11-10-19(16-26)32-18-7-9-21-20(15-18)27(12-13-31-21)17-6-8-22(29-3)23(14-17)33-25(2)30-4/h6-9,14-15,19H,5,10-13,16H2,1-4H3. The molecule has 4 rings (SSSR count). The molecule has 1 fully saturated rings. The highest BCUT2D eigenvalue weighted by Crippen LogP contribution is 2.42. The van der Waals surface area contributed by atoms with Crippen LogP contribution >= 0.6 is 11.9 Å². The van der Waals surface area contributed by atoms with Gasteiger partial charge in [-0.1, -0.05) is 6.92 Å². The lowest BCUT2D eigenvalue weighted by atomic mass is 10.2. The van der Waals surface area contributed by atoms with Crippen LogP contribution < -0.4 is 19.1 Å². The predicted octanol–water partition coefficient (Wildman–Crippen LogP) is 4.12. The first-order valence-electron chi connectivity index (χ1n) is 11.1. The third-order valence-corrected chi connectivity index (χ3v) is 6.76. The summed E-state index contributed by atoms with van der Waals surface area (Å²) in [7, 11) is 5.14. The molecule has 1 atom stereocenters. The zero-order chi connectivity index (χ0) is 23.4.